The van der Waals surface area contributed by atoms with Crippen LogP contribution in [0.25, 0.3) is 0 Å². The second-order valence-corrected chi connectivity index (χ2v) is 2.26. The number of ketones is 1. The van der Waals surface area contributed by atoms with Crippen LogP contribution in [-0.4, -0.2) is 24.0 Å². The molecule has 0 aromatic rings. The maximum absolute atomic E-state index is 10.8. The molecule has 0 heterocycles. The minimum Gasteiger partial charge on any atom is -0.396 e. The van der Waals surface area contributed by atoms with E-state index in [1.165, 1.54) is 0 Å². The largest absolute Gasteiger partial charge is 0.396 e. The molecule has 0 aliphatic rings. The first kappa shape index (κ1) is 9.59. The van der Waals surface area contributed by atoms with Crippen molar-refractivity contribution in [2.45, 2.75) is 25.7 Å². The average molecular weight is 145 g/mol. The molecule has 0 saturated heterocycles. The molecule has 60 valence electrons. The molecule has 0 rings (SSSR count). The molecule has 0 unspecified atom stereocenters. The number of nitrogens with two attached hydrogens (primary N) is 1. The highest BCUT2D eigenvalue weighted by Crippen LogP contribution is 1.96. The molecule has 3 nitrogen and oxygen atoms in total. The topological polar surface area (TPSA) is 63.3 Å². The first-order valence-electron chi connectivity index (χ1n) is 3.64. The van der Waals surface area contributed by atoms with Crippen molar-refractivity contribution in [3.05, 3.63) is 0 Å². The second-order valence-electron chi connectivity index (χ2n) is 2.26. The van der Waals surface area contributed by atoms with Gasteiger partial charge in [-0.2, -0.15) is 0 Å². The number of aliphatic hydroxyl groups excluding tert-OH is 1. The van der Waals surface area contributed by atoms with Gasteiger partial charge in [0.25, 0.3) is 0 Å². The van der Waals surface area contributed by atoms with Crippen LogP contribution in [0, 0.1) is 0 Å². The van der Waals surface area contributed by atoms with Crippen LogP contribution in [0.2, 0.25) is 0 Å². The smallest absolute Gasteiger partial charge is 0.133 e. The Kier molecular flexibility index (Phi) is 6.43. The van der Waals surface area contributed by atoms with Gasteiger partial charge in [-0.05, 0) is 19.4 Å². The Balaban J connectivity index is 3.09. The Morgan fingerprint density at radius 1 is 1.30 bits per heavy atom. The minimum atomic E-state index is 0.106. The van der Waals surface area contributed by atoms with Gasteiger partial charge in [-0.3, -0.25) is 4.79 Å². The molecule has 10 heavy (non-hydrogen) atoms. The summed E-state index contributed by atoms with van der Waals surface area (Å²) in [5.74, 6) is 0.208. The summed E-state index contributed by atoms with van der Waals surface area (Å²) < 4.78 is 0. The molecule has 0 aliphatic carbocycles. The first-order valence-corrected chi connectivity index (χ1v) is 3.64. The van der Waals surface area contributed by atoms with Crippen LogP contribution < -0.4 is 5.73 Å². The van der Waals surface area contributed by atoms with Crippen molar-refractivity contribution < 1.29 is 9.90 Å². The Labute approximate surface area is 61.2 Å². The van der Waals surface area contributed by atoms with E-state index >= 15 is 0 Å². The monoisotopic (exact) mass is 145 g/mol. The summed E-state index contributed by atoms with van der Waals surface area (Å²) in [4.78, 5) is 10.8. The van der Waals surface area contributed by atoms with E-state index in [0.717, 1.165) is 6.42 Å². The van der Waals surface area contributed by atoms with Crippen molar-refractivity contribution in [2.24, 2.45) is 5.73 Å². The summed E-state index contributed by atoms with van der Waals surface area (Å²) in [6.45, 7) is 0.680. The highest BCUT2D eigenvalue weighted by molar-refractivity contribution is 5.78. The van der Waals surface area contributed by atoms with Crippen molar-refractivity contribution in [3.8, 4) is 0 Å². The van der Waals surface area contributed by atoms with Crippen molar-refractivity contribution in [2.75, 3.05) is 13.2 Å². The van der Waals surface area contributed by atoms with E-state index in [9.17, 15) is 4.79 Å². The van der Waals surface area contributed by atoms with E-state index in [1.54, 1.807) is 0 Å². The Morgan fingerprint density at radius 2 is 1.90 bits per heavy atom. The Morgan fingerprint density at radius 3 is 2.40 bits per heavy atom. The highest BCUT2D eigenvalue weighted by atomic mass is 16.3. The van der Waals surface area contributed by atoms with Crippen LogP contribution in [0.3, 0.4) is 0 Å². The summed E-state index contributed by atoms with van der Waals surface area (Å²) in [6, 6.07) is 0. The first-order chi connectivity index (χ1) is 4.81. The van der Waals surface area contributed by atoms with Crippen LogP contribution in [0.4, 0.5) is 0 Å². The molecule has 0 bridgehead atoms. The molecule has 0 amide bonds. The lowest BCUT2D eigenvalue weighted by Crippen LogP contribution is -2.04. The van der Waals surface area contributed by atoms with Gasteiger partial charge < -0.3 is 10.8 Å². The van der Waals surface area contributed by atoms with Gasteiger partial charge in [0.2, 0.25) is 0 Å². The third-order valence-corrected chi connectivity index (χ3v) is 1.27. The molecule has 0 fully saturated rings. The lowest BCUT2D eigenvalue weighted by Gasteiger charge is -1.96. The van der Waals surface area contributed by atoms with Gasteiger partial charge in [0.15, 0.2) is 0 Å². The zero-order chi connectivity index (χ0) is 7.82. The summed E-state index contributed by atoms with van der Waals surface area (Å²) in [5, 5.41) is 8.36. The number of Topliss-reactive ketones (excluding diaryl/α,β-unsaturated/α-hetero) is 1. The lowest BCUT2D eigenvalue weighted by atomic mass is 10.1. The normalized spacial score (nSPS) is 9.80. The number of carbonyl (C=O) groups excluding carboxylic acids is 1. The number of rotatable bonds is 6. The standard InChI is InChI=1S/C7H15NO2/c8-5-1-3-7(10)4-2-6-9/h9H,1-6,8H2. The molecule has 3 N–H and O–H groups in total. The van der Waals surface area contributed by atoms with Gasteiger partial charge in [0.1, 0.15) is 5.78 Å². The van der Waals surface area contributed by atoms with E-state index in [1.807, 2.05) is 0 Å². The third kappa shape index (κ3) is 5.72. The van der Waals surface area contributed by atoms with Gasteiger partial charge in [0.05, 0.1) is 0 Å². The van der Waals surface area contributed by atoms with E-state index in [2.05, 4.69) is 0 Å². The molecule has 0 aliphatic heterocycles. The zero-order valence-electron chi connectivity index (χ0n) is 6.18. The fraction of sp³-hybridized carbons (Fsp3) is 0.857. The van der Waals surface area contributed by atoms with Crippen LogP contribution in [0.15, 0.2) is 0 Å². The van der Waals surface area contributed by atoms with Gasteiger partial charge in [-0.1, -0.05) is 0 Å². The number of carbonyl (C=O) groups is 1. The Bertz CT molecular complexity index is 83.6. The predicted octanol–water partition coefficient (Wildman–Crippen LogP) is 0.0669. The van der Waals surface area contributed by atoms with Crippen molar-refractivity contribution in [3.63, 3.8) is 0 Å². The summed E-state index contributed by atoms with van der Waals surface area (Å²) in [6.07, 6.45) is 2.42. The maximum atomic E-state index is 10.8. The van der Waals surface area contributed by atoms with E-state index < -0.39 is 0 Å². The van der Waals surface area contributed by atoms with Crippen molar-refractivity contribution >= 4 is 5.78 Å². The summed E-state index contributed by atoms with van der Waals surface area (Å²) in [7, 11) is 0. The van der Waals surface area contributed by atoms with Gasteiger partial charge in [-0.15, -0.1) is 0 Å². The summed E-state index contributed by atoms with van der Waals surface area (Å²) >= 11 is 0. The molecule has 0 spiro atoms. The van der Waals surface area contributed by atoms with Crippen molar-refractivity contribution in [1.82, 2.24) is 0 Å². The quantitative estimate of drug-likeness (QED) is 0.555. The van der Waals surface area contributed by atoms with Crippen molar-refractivity contribution in [1.29, 1.82) is 0 Å². The predicted molar refractivity (Wildman–Crippen MR) is 39.6 cm³/mol. The van der Waals surface area contributed by atoms with Gasteiger partial charge >= 0.3 is 0 Å². The molecule has 0 aromatic heterocycles. The van der Waals surface area contributed by atoms with Crippen LogP contribution in [0.5, 0.6) is 0 Å². The molecule has 0 atom stereocenters. The number of aliphatic hydroxyl groups is 1. The fourth-order valence-corrected chi connectivity index (χ4v) is 0.700. The average Bonchev–Trinajstić information content (AvgIpc) is 1.97. The van der Waals surface area contributed by atoms with Crippen LogP contribution in [0.1, 0.15) is 25.7 Å². The zero-order valence-corrected chi connectivity index (χ0v) is 6.18. The van der Waals surface area contributed by atoms with Crippen LogP contribution in [-0.2, 0) is 4.79 Å². The van der Waals surface area contributed by atoms with Crippen LogP contribution >= 0.6 is 0 Å². The molecule has 3 heteroatoms. The molecular weight excluding hydrogens is 130 g/mol. The van der Waals surface area contributed by atoms with Gasteiger partial charge in [-0.25, -0.2) is 0 Å². The Hall–Kier alpha value is -0.410. The molecular formula is C7H15NO2. The SMILES string of the molecule is NCCCC(=O)CCCO. The highest BCUT2D eigenvalue weighted by Gasteiger charge is 1.98. The lowest BCUT2D eigenvalue weighted by molar-refractivity contribution is -0.119. The number of hydrogen-bond acceptors (Lipinski definition) is 3. The maximum Gasteiger partial charge on any atom is 0.133 e. The van der Waals surface area contributed by atoms with E-state index in [0.29, 0.717) is 25.8 Å². The van der Waals surface area contributed by atoms with E-state index in [4.69, 9.17) is 10.8 Å². The second kappa shape index (κ2) is 6.71. The minimum absolute atomic E-state index is 0.106. The van der Waals surface area contributed by atoms with Gasteiger partial charge in [0, 0.05) is 19.4 Å². The summed E-state index contributed by atoms with van der Waals surface area (Å²) in [5.41, 5.74) is 5.20. The fourth-order valence-electron chi connectivity index (χ4n) is 0.700. The molecule has 0 aromatic carbocycles. The third-order valence-electron chi connectivity index (χ3n) is 1.27. The molecule has 0 saturated carbocycles. The molecule has 0 radical (unpaired) electrons. The number of hydrogen-bond donors (Lipinski definition) is 2. The van der Waals surface area contributed by atoms with E-state index in [-0.39, 0.29) is 12.4 Å².